The molecule has 0 aromatic heterocycles. The van der Waals surface area contributed by atoms with Gasteiger partial charge in [0.15, 0.2) is 0 Å². The van der Waals surface area contributed by atoms with Gasteiger partial charge in [0.2, 0.25) is 5.91 Å². The molecule has 33 heavy (non-hydrogen) atoms. The molecule has 3 rings (SSSR count). The maximum atomic E-state index is 12.8. The first-order chi connectivity index (χ1) is 15.6. The highest BCUT2D eigenvalue weighted by atomic mass is 16.5. The Bertz CT molecular complexity index is 1070. The second-order valence-corrected chi connectivity index (χ2v) is 8.28. The van der Waals surface area contributed by atoms with Crippen LogP contribution in [0.3, 0.4) is 0 Å². The Morgan fingerprint density at radius 3 is 2.06 bits per heavy atom. The highest BCUT2D eigenvalue weighted by Crippen LogP contribution is 2.26. The predicted octanol–water partition coefficient (Wildman–Crippen LogP) is 2.96. The number of urea groups is 1. The molecule has 0 atom stereocenters. The highest BCUT2D eigenvalue weighted by molar-refractivity contribution is 6.44. The molecule has 0 N–H and O–H groups in total. The zero-order valence-corrected chi connectivity index (χ0v) is 19.7. The van der Waals surface area contributed by atoms with Crippen LogP contribution >= 0.6 is 0 Å². The molecule has 1 heterocycles. The van der Waals surface area contributed by atoms with E-state index in [1.54, 1.807) is 4.90 Å². The van der Waals surface area contributed by atoms with Gasteiger partial charge in [0.1, 0.15) is 18.9 Å². The number of carbonyl (C=O) groups is 4. The first-order valence-electron chi connectivity index (χ1n) is 10.8. The van der Waals surface area contributed by atoms with E-state index in [2.05, 4.69) is 12.1 Å². The molecule has 5 amide bonds. The summed E-state index contributed by atoms with van der Waals surface area (Å²) < 4.78 is 6.06. The first kappa shape index (κ1) is 24.0. The lowest BCUT2D eigenvalue weighted by Gasteiger charge is -2.24. The Labute approximate surface area is 193 Å². The maximum absolute atomic E-state index is 12.8. The molecule has 1 aliphatic rings. The van der Waals surface area contributed by atoms with Crippen molar-refractivity contribution in [3.8, 4) is 5.75 Å². The summed E-state index contributed by atoms with van der Waals surface area (Å²) >= 11 is 0. The normalized spacial score (nSPS) is 13.7. The molecule has 8 nitrogen and oxygen atoms in total. The third-order valence-electron chi connectivity index (χ3n) is 5.68. The van der Waals surface area contributed by atoms with Gasteiger partial charge >= 0.3 is 17.8 Å². The molecule has 0 saturated carbocycles. The van der Waals surface area contributed by atoms with Gasteiger partial charge in [-0.25, -0.2) is 9.69 Å². The Hall–Kier alpha value is -3.68. The van der Waals surface area contributed by atoms with Crippen molar-refractivity contribution in [2.45, 2.75) is 40.8 Å². The first-order valence-corrected chi connectivity index (χ1v) is 10.8. The van der Waals surface area contributed by atoms with Crippen molar-refractivity contribution in [3.63, 3.8) is 0 Å². The minimum atomic E-state index is -0.978. The van der Waals surface area contributed by atoms with Crippen molar-refractivity contribution in [2.24, 2.45) is 0 Å². The SMILES string of the molecule is CCN(Cc1cc(C)c(OCc2ccc(C)cc2)c(C)c1)C(=O)CN1C(=O)C(=O)N(C)C1=O. The fraction of sp³-hybridized carbons (Fsp3) is 0.360. The van der Waals surface area contributed by atoms with Crippen LogP contribution in [0.25, 0.3) is 0 Å². The molecule has 174 valence electrons. The summed E-state index contributed by atoms with van der Waals surface area (Å²) in [4.78, 5) is 51.4. The van der Waals surface area contributed by atoms with Gasteiger partial charge < -0.3 is 9.64 Å². The number of ether oxygens (including phenoxy) is 1. The van der Waals surface area contributed by atoms with Crippen molar-refractivity contribution in [1.82, 2.24) is 14.7 Å². The molecule has 2 aromatic carbocycles. The number of benzene rings is 2. The van der Waals surface area contributed by atoms with Crippen LogP contribution in [-0.2, 0) is 27.5 Å². The van der Waals surface area contributed by atoms with Crippen LogP contribution in [0.15, 0.2) is 36.4 Å². The molecule has 1 saturated heterocycles. The molecule has 0 bridgehead atoms. The molecular formula is C25H29N3O5. The summed E-state index contributed by atoms with van der Waals surface area (Å²) in [5, 5.41) is 0. The quantitative estimate of drug-likeness (QED) is 0.455. The van der Waals surface area contributed by atoms with Gasteiger partial charge in [-0.15, -0.1) is 0 Å². The Morgan fingerprint density at radius 2 is 1.55 bits per heavy atom. The smallest absolute Gasteiger partial charge is 0.334 e. The van der Waals surface area contributed by atoms with Crippen LogP contribution in [0.2, 0.25) is 0 Å². The summed E-state index contributed by atoms with van der Waals surface area (Å²) in [5.74, 6) is -1.50. The number of carbonyl (C=O) groups excluding carboxylic acids is 4. The van der Waals surface area contributed by atoms with Gasteiger partial charge in [-0.3, -0.25) is 19.3 Å². The third-order valence-corrected chi connectivity index (χ3v) is 5.68. The van der Waals surface area contributed by atoms with Gasteiger partial charge in [0.25, 0.3) is 0 Å². The summed E-state index contributed by atoms with van der Waals surface area (Å²) in [5.41, 5.74) is 5.11. The van der Waals surface area contributed by atoms with E-state index >= 15 is 0 Å². The van der Waals surface area contributed by atoms with Crippen LogP contribution in [0.1, 0.15) is 34.7 Å². The molecule has 8 heteroatoms. The molecule has 1 fully saturated rings. The lowest BCUT2D eigenvalue weighted by atomic mass is 10.0. The molecular weight excluding hydrogens is 422 g/mol. The molecule has 0 radical (unpaired) electrons. The van der Waals surface area contributed by atoms with Crippen molar-refractivity contribution in [2.75, 3.05) is 20.1 Å². The van der Waals surface area contributed by atoms with Crippen LogP contribution < -0.4 is 4.74 Å². The standard InChI is InChI=1S/C25H29N3O5/c1-6-27(21(29)14-28-24(31)23(30)26(5)25(28)32)13-20-11-17(3)22(18(4)12-20)33-15-19-9-7-16(2)8-10-19/h7-12H,6,13-15H2,1-5H3. The lowest BCUT2D eigenvalue weighted by Crippen LogP contribution is -2.43. The van der Waals surface area contributed by atoms with E-state index in [-0.39, 0.29) is 0 Å². The second-order valence-electron chi connectivity index (χ2n) is 8.28. The zero-order chi connectivity index (χ0) is 24.3. The van der Waals surface area contributed by atoms with Crippen LogP contribution in [0.4, 0.5) is 4.79 Å². The van der Waals surface area contributed by atoms with E-state index in [1.807, 2.05) is 52.0 Å². The molecule has 0 unspecified atom stereocenters. The fourth-order valence-electron chi connectivity index (χ4n) is 3.78. The van der Waals surface area contributed by atoms with Gasteiger partial charge in [-0.05, 0) is 49.9 Å². The summed E-state index contributed by atoms with van der Waals surface area (Å²) in [7, 11) is 1.22. The monoisotopic (exact) mass is 451 g/mol. The van der Waals surface area contributed by atoms with Crippen LogP contribution in [0, 0.1) is 20.8 Å². The van der Waals surface area contributed by atoms with Crippen LogP contribution in [-0.4, -0.2) is 58.6 Å². The van der Waals surface area contributed by atoms with Crippen molar-refractivity contribution in [3.05, 3.63) is 64.2 Å². The number of likely N-dealkylation sites (N-methyl/N-ethyl adjacent to an activating group) is 2. The molecule has 2 aromatic rings. The number of hydrogen-bond acceptors (Lipinski definition) is 5. The van der Waals surface area contributed by atoms with Crippen molar-refractivity contribution >= 4 is 23.8 Å². The van der Waals surface area contributed by atoms with Gasteiger partial charge in [0, 0.05) is 20.1 Å². The molecule has 1 aliphatic heterocycles. The number of aryl methyl sites for hydroxylation is 3. The van der Waals surface area contributed by atoms with E-state index in [4.69, 9.17) is 4.74 Å². The maximum Gasteiger partial charge on any atom is 0.334 e. The van der Waals surface area contributed by atoms with Gasteiger partial charge in [-0.2, -0.15) is 0 Å². The fourth-order valence-corrected chi connectivity index (χ4v) is 3.78. The Kier molecular flexibility index (Phi) is 7.16. The topological polar surface area (TPSA) is 87.2 Å². The van der Waals surface area contributed by atoms with Crippen molar-refractivity contribution in [1.29, 1.82) is 0 Å². The van der Waals surface area contributed by atoms with Gasteiger partial charge in [-0.1, -0.05) is 42.0 Å². The highest BCUT2D eigenvalue weighted by Gasteiger charge is 2.43. The summed E-state index contributed by atoms with van der Waals surface area (Å²) in [6, 6.07) is 11.3. The summed E-state index contributed by atoms with van der Waals surface area (Å²) in [6.45, 7) is 8.49. The van der Waals surface area contributed by atoms with E-state index in [9.17, 15) is 19.2 Å². The average molecular weight is 452 g/mol. The van der Waals surface area contributed by atoms with Gasteiger partial charge in [0.05, 0.1) is 0 Å². The van der Waals surface area contributed by atoms with E-state index in [1.165, 1.54) is 12.6 Å². The Morgan fingerprint density at radius 1 is 0.939 bits per heavy atom. The van der Waals surface area contributed by atoms with E-state index in [0.717, 1.165) is 28.0 Å². The van der Waals surface area contributed by atoms with Crippen LogP contribution in [0.5, 0.6) is 5.75 Å². The third kappa shape index (κ3) is 5.22. The molecule has 0 aliphatic carbocycles. The number of nitrogens with zero attached hydrogens (tertiary/aromatic N) is 3. The largest absolute Gasteiger partial charge is 0.488 e. The van der Waals surface area contributed by atoms with Crippen molar-refractivity contribution < 1.29 is 23.9 Å². The Balaban J connectivity index is 1.67. The number of hydrogen-bond donors (Lipinski definition) is 0. The number of amides is 5. The van der Waals surface area contributed by atoms with E-state index in [0.29, 0.717) is 29.5 Å². The minimum Gasteiger partial charge on any atom is -0.488 e. The zero-order valence-electron chi connectivity index (χ0n) is 19.7. The number of rotatable bonds is 8. The second kappa shape index (κ2) is 9.85. The molecule has 0 spiro atoms. The predicted molar refractivity (Wildman–Crippen MR) is 122 cm³/mol. The van der Waals surface area contributed by atoms with E-state index < -0.39 is 30.3 Å². The average Bonchev–Trinajstić information content (AvgIpc) is 2.96. The summed E-state index contributed by atoms with van der Waals surface area (Å²) in [6.07, 6.45) is 0. The lowest BCUT2D eigenvalue weighted by molar-refractivity contribution is -0.144. The number of imide groups is 2. The minimum absolute atomic E-state index is 0.315.